The second kappa shape index (κ2) is 11.1. The van der Waals surface area contributed by atoms with Crippen molar-refractivity contribution in [2.24, 2.45) is 0 Å². The Kier molecular flexibility index (Phi) is 7.72. The van der Waals surface area contributed by atoms with E-state index >= 15 is 0 Å². The quantitative estimate of drug-likeness (QED) is 0.182. The summed E-state index contributed by atoms with van der Waals surface area (Å²) in [6.45, 7) is 6.45. The van der Waals surface area contributed by atoms with Gasteiger partial charge >= 0.3 is 0 Å². The Bertz CT molecular complexity index is 1690. The molecule has 41 heavy (non-hydrogen) atoms. The van der Waals surface area contributed by atoms with E-state index in [-0.39, 0.29) is 17.6 Å². The lowest BCUT2D eigenvalue weighted by Crippen LogP contribution is -2.81. The molecule has 206 valence electrons. The first-order chi connectivity index (χ1) is 19.7. The molecule has 0 aliphatic carbocycles. The molecule has 0 saturated carbocycles. The molecule has 0 radical (unpaired) electrons. The summed E-state index contributed by atoms with van der Waals surface area (Å²) >= 11 is 1.28. The van der Waals surface area contributed by atoms with Crippen LogP contribution in [-0.2, 0) is 14.3 Å². The first kappa shape index (κ1) is 28.5. The van der Waals surface area contributed by atoms with Gasteiger partial charge in [-0.1, -0.05) is 80.3 Å². The van der Waals surface area contributed by atoms with Gasteiger partial charge in [-0.05, 0) is 53.4 Å². The van der Waals surface area contributed by atoms with Crippen molar-refractivity contribution in [2.45, 2.75) is 36.8 Å². The Balaban J connectivity index is 1.36. The van der Waals surface area contributed by atoms with Crippen LogP contribution in [0, 0.1) is 24.7 Å². The van der Waals surface area contributed by atoms with Crippen LogP contribution >= 0.6 is 11.8 Å². The summed E-state index contributed by atoms with van der Waals surface area (Å²) in [4.78, 5) is 17.9. The topological polar surface area (TPSA) is 60.5 Å². The third-order valence-electron chi connectivity index (χ3n) is 7.83. The molecule has 1 aliphatic heterocycles. The number of amides is 1. The maximum atomic E-state index is 13.5. The summed E-state index contributed by atoms with van der Waals surface area (Å²) in [6.07, 6.45) is 15.0. The molecule has 1 aromatic heterocycles. The molecular formula is C34H32N2O3SSi. The average molecular weight is 577 g/mol. The molecule has 5 nitrogen and oxygen atoms in total. The number of fused-ring (bicyclic) bond motifs is 2. The van der Waals surface area contributed by atoms with Crippen LogP contribution in [0.5, 0.6) is 5.75 Å². The van der Waals surface area contributed by atoms with Crippen molar-refractivity contribution in [3.8, 4) is 30.4 Å². The summed E-state index contributed by atoms with van der Waals surface area (Å²) in [6, 6.07) is 26.2. The fourth-order valence-corrected chi connectivity index (χ4v) is 11.2. The Hall–Kier alpha value is -4.01. The van der Waals surface area contributed by atoms with Crippen molar-refractivity contribution in [3.63, 3.8) is 0 Å². The fourth-order valence-electron chi connectivity index (χ4n) is 5.62. The van der Waals surface area contributed by atoms with E-state index in [2.05, 4.69) is 72.4 Å². The van der Waals surface area contributed by atoms with Crippen LogP contribution in [-0.4, -0.2) is 43.0 Å². The molecule has 0 fully saturated rings. The number of rotatable bonds is 9. The van der Waals surface area contributed by atoms with E-state index < -0.39 is 19.3 Å². The van der Waals surface area contributed by atoms with Gasteiger partial charge in [0.2, 0.25) is 5.44 Å². The summed E-state index contributed by atoms with van der Waals surface area (Å²) in [7, 11) is -2.68. The van der Waals surface area contributed by atoms with E-state index in [1.165, 1.54) is 27.7 Å². The number of terminal acetylenes is 2. The molecule has 3 atom stereocenters. The molecule has 7 heteroatoms. The lowest BCUT2D eigenvalue weighted by atomic mass is 10.0. The SMILES string of the molecule is C#Cc1cnc2ccc(OC(SC)C(=O)NC(C)(C#C)CO[Si]3(c4ccccc4)c4ccccc4C3(C)C)cc2c1. The van der Waals surface area contributed by atoms with Crippen molar-refractivity contribution in [3.05, 3.63) is 96.2 Å². The summed E-state index contributed by atoms with van der Waals surface area (Å²) in [5.41, 5.74) is 0.866. The lowest BCUT2D eigenvalue weighted by molar-refractivity contribution is -0.126. The molecule has 5 rings (SSSR count). The van der Waals surface area contributed by atoms with Gasteiger partial charge in [-0.25, -0.2) is 0 Å². The molecule has 0 spiro atoms. The number of carbonyl (C=O) groups is 1. The van der Waals surface area contributed by atoms with E-state index in [4.69, 9.17) is 22.0 Å². The van der Waals surface area contributed by atoms with Gasteiger partial charge in [-0.2, -0.15) is 0 Å². The minimum Gasteiger partial charge on any atom is -0.470 e. The van der Waals surface area contributed by atoms with Crippen molar-refractivity contribution >= 4 is 47.3 Å². The minimum absolute atomic E-state index is 0.158. The number of nitrogens with one attached hydrogen (secondary N) is 1. The van der Waals surface area contributed by atoms with Gasteiger partial charge < -0.3 is 14.5 Å². The predicted octanol–water partition coefficient (Wildman–Crippen LogP) is 4.40. The smallest absolute Gasteiger partial charge is 0.272 e. The van der Waals surface area contributed by atoms with Crippen LogP contribution in [0.4, 0.5) is 0 Å². The first-order valence-electron chi connectivity index (χ1n) is 13.3. The van der Waals surface area contributed by atoms with Crippen molar-refractivity contribution < 1.29 is 14.0 Å². The zero-order valence-electron chi connectivity index (χ0n) is 23.6. The Morgan fingerprint density at radius 3 is 2.54 bits per heavy atom. The Morgan fingerprint density at radius 1 is 1.10 bits per heavy atom. The average Bonchev–Trinajstić information content (AvgIpc) is 3.00. The van der Waals surface area contributed by atoms with E-state index in [9.17, 15) is 4.79 Å². The van der Waals surface area contributed by atoms with Gasteiger partial charge in [0.05, 0.1) is 12.1 Å². The third-order valence-corrected chi connectivity index (χ3v) is 13.5. The largest absolute Gasteiger partial charge is 0.470 e. The highest BCUT2D eigenvalue weighted by molar-refractivity contribution is 7.99. The van der Waals surface area contributed by atoms with Crippen LogP contribution in [0.3, 0.4) is 0 Å². The molecule has 4 aromatic rings. The summed E-state index contributed by atoms with van der Waals surface area (Å²) in [5.74, 6) is 5.58. The number of hydrogen-bond acceptors (Lipinski definition) is 5. The van der Waals surface area contributed by atoms with E-state index in [0.717, 1.165) is 10.9 Å². The number of nitrogens with zero attached hydrogens (tertiary/aromatic N) is 1. The van der Waals surface area contributed by atoms with Gasteiger partial charge in [0.25, 0.3) is 14.2 Å². The van der Waals surface area contributed by atoms with Crippen LogP contribution in [0.1, 0.15) is 31.9 Å². The van der Waals surface area contributed by atoms with E-state index in [1.54, 1.807) is 12.3 Å². The number of ether oxygens (including phenoxy) is 1. The van der Waals surface area contributed by atoms with Crippen LogP contribution in [0.15, 0.2) is 85.1 Å². The molecule has 2 heterocycles. The molecular weight excluding hydrogens is 545 g/mol. The monoisotopic (exact) mass is 576 g/mol. The van der Waals surface area contributed by atoms with Gasteiger partial charge in [-0.15, -0.1) is 24.6 Å². The number of aromatic nitrogens is 1. The van der Waals surface area contributed by atoms with Gasteiger partial charge in [-0.3, -0.25) is 9.78 Å². The zero-order chi connectivity index (χ0) is 29.3. The third kappa shape index (κ3) is 5.02. The molecule has 1 N–H and O–H groups in total. The molecule has 1 amide bonds. The molecule has 3 unspecified atom stereocenters. The second-order valence-corrected chi connectivity index (χ2v) is 15.8. The fraction of sp³-hybridized carbons (Fsp3) is 0.235. The van der Waals surface area contributed by atoms with Crippen molar-refractivity contribution in [2.75, 3.05) is 12.9 Å². The van der Waals surface area contributed by atoms with E-state index in [1.807, 2.05) is 49.6 Å². The number of pyridine rings is 1. The number of hydrogen-bond donors (Lipinski definition) is 1. The highest BCUT2D eigenvalue weighted by Crippen LogP contribution is 2.43. The standard InChI is InChI=1S/C34H32N2O3SSi/c1-7-24-20-25-21-26(18-19-29(25)35-22-24)39-32(40-6)31(37)36-34(5,8-2)23-38-41(27-14-10-9-11-15-27)30-17-13-12-16-28(30)33(41,3)4/h1-2,9-22,32H,23H2,3-6H3,(H,36,37). The summed E-state index contributed by atoms with van der Waals surface area (Å²) < 4.78 is 13.1. The van der Waals surface area contributed by atoms with Crippen LogP contribution in [0.2, 0.25) is 0 Å². The van der Waals surface area contributed by atoms with Crippen LogP contribution < -0.4 is 20.4 Å². The lowest BCUT2D eigenvalue weighted by Gasteiger charge is -2.55. The van der Waals surface area contributed by atoms with Gasteiger partial charge in [0.1, 0.15) is 11.3 Å². The number of carbonyl (C=O) groups excluding carboxylic acids is 1. The van der Waals surface area contributed by atoms with E-state index in [0.29, 0.717) is 11.3 Å². The normalized spacial score (nSPS) is 19.0. The molecule has 3 aromatic carbocycles. The first-order valence-corrected chi connectivity index (χ1v) is 16.5. The highest BCUT2D eigenvalue weighted by atomic mass is 32.2. The van der Waals surface area contributed by atoms with Crippen molar-refractivity contribution in [1.82, 2.24) is 10.3 Å². The number of benzene rings is 3. The van der Waals surface area contributed by atoms with Gasteiger partial charge in [0.15, 0.2) is 0 Å². The maximum absolute atomic E-state index is 13.5. The minimum atomic E-state index is -2.68. The second-order valence-electron chi connectivity index (χ2n) is 10.9. The Labute approximate surface area is 247 Å². The molecule has 0 bridgehead atoms. The molecule has 0 saturated heterocycles. The zero-order valence-corrected chi connectivity index (χ0v) is 25.4. The number of thioether (sulfide) groups is 1. The predicted molar refractivity (Wildman–Crippen MR) is 170 cm³/mol. The highest BCUT2D eigenvalue weighted by Gasteiger charge is 2.63. The maximum Gasteiger partial charge on any atom is 0.272 e. The Morgan fingerprint density at radius 2 is 1.83 bits per heavy atom. The summed E-state index contributed by atoms with van der Waals surface area (Å²) in [5, 5.41) is 6.10. The van der Waals surface area contributed by atoms with Crippen molar-refractivity contribution in [1.29, 1.82) is 0 Å². The molecule has 1 aliphatic rings. The van der Waals surface area contributed by atoms with Crippen LogP contribution in [0.25, 0.3) is 10.9 Å². The van der Waals surface area contributed by atoms with Gasteiger partial charge in [0, 0.05) is 22.2 Å².